The van der Waals surface area contributed by atoms with Crippen LogP contribution in [-0.4, -0.2) is 17.9 Å². The highest BCUT2D eigenvalue weighted by atomic mass is 35.5. The van der Waals surface area contributed by atoms with E-state index in [2.05, 4.69) is 0 Å². The van der Waals surface area contributed by atoms with Crippen molar-refractivity contribution in [3.8, 4) is 6.07 Å². The maximum Gasteiger partial charge on any atom is 0.179 e. The van der Waals surface area contributed by atoms with Gasteiger partial charge in [0.15, 0.2) is 12.1 Å². The van der Waals surface area contributed by atoms with Crippen LogP contribution in [0.2, 0.25) is 0 Å². The van der Waals surface area contributed by atoms with E-state index in [9.17, 15) is 9.59 Å². The molecule has 0 saturated carbocycles. The van der Waals surface area contributed by atoms with Crippen molar-refractivity contribution >= 4 is 23.7 Å². The number of hydrogen-bond acceptors (Lipinski definition) is 3. The van der Waals surface area contributed by atoms with E-state index in [4.69, 9.17) is 16.9 Å². The molecule has 0 heterocycles. The third kappa shape index (κ3) is 2.05. The first kappa shape index (κ1) is 11.4. The molecule has 3 nitrogen and oxygen atoms in total. The molecule has 0 unspecified atom stereocenters. The molecule has 0 spiro atoms. The average Bonchev–Trinajstić information content (AvgIpc) is 2.27. The van der Waals surface area contributed by atoms with Gasteiger partial charge in [-0.15, -0.1) is 11.6 Å². The van der Waals surface area contributed by atoms with Crippen molar-refractivity contribution in [2.75, 3.05) is 5.88 Å². The Morgan fingerprint density at radius 1 is 1.60 bits per heavy atom. The summed E-state index contributed by atoms with van der Waals surface area (Å²) in [5.74, 6) is -0.641. The average molecular weight is 222 g/mol. The zero-order valence-electron chi connectivity index (χ0n) is 8.08. The topological polar surface area (TPSA) is 57.9 Å². The highest BCUT2D eigenvalue weighted by Crippen LogP contribution is 2.18. The summed E-state index contributed by atoms with van der Waals surface area (Å²) in [6, 6.07) is 5.02. The van der Waals surface area contributed by atoms with Crippen molar-refractivity contribution in [2.24, 2.45) is 0 Å². The lowest BCUT2D eigenvalue weighted by molar-refractivity contribution is 0.101. The Balaban J connectivity index is 3.56. The van der Waals surface area contributed by atoms with Crippen LogP contribution in [0, 0.1) is 18.3 Å². The normalized spacial score (nSPS) is 9.40. The van der Waals surface area contributed by atoms with Crippen LogP contribution in [0.5, 0.6) is 0 Å². The molecule has 15 heavy (non-hydrogen) atoms. The van der Waals surface area contributed by atoms with Crippen LogP contribution >= 0.6 is 11.6 Å². The fourth-order valence-electron chi connectivity index (χ4n) is 1.34. The predicted molar refractivity (Wildman–Crippen MR) is 56.3 cm³/mol. The zero-order chi connectivity index (χ0) is 11.4. The van der Waals surface area contributed by atoms with Gasteiger partial charge in [-0.1, -0.05) is 6.07 Å². The number of aldehydes is 1. The molecule has 1 aromatic rings. The lowest BCUT2D eigenvalue weighted by Gasteiger charge is -2.06. The minimum Gasteiger partial charge on any atom is -0.298 e. The van der Waals surface area contributed by atoms with E-state index >= 15 is 0 Å². The number of alkyl halides is 1. The molecule has 0 N–H and O–H groups in total. The fourth-order valence-corrected chi connectivity index (χ4v) is 1.47. The standard InChI is InChI=1S/C11H8ClNO2/c1-7-2-3-8(5-13)11(9(7)6-14)10(15)4-12/h2-3,6H,4H2,1H3. The summed E-state index contributed by atoms with van der Waals surface area (Å²) in [5.41, 5.74) is 1.23. The summed E-state index contributed by atoms with van der Waals surface area (Å²) in [6.07, 6.45) is 0.579. The second kappa shape index (κ2) is 4.72. The molecule has 0 atom stereocenters. The summed E-state index contributed by atoms with van der Waals surface area (Å²) in [6.45, 7) is 1.70. The van der Waals surface area contributed by atoms with Gasteiger partial charge < -0.3 is 0 Å². The number of nitriles is 1. The van der Waals surface area contributed by atoms with E-state index < -0.39 is 5.78 Å². The van der Waals surface area contributed by atoms with Crippen molar-refractivity contribution < 1.29 is 9.59 Å². The Hall–Kier alpha value is -1.66. The molecule has 0 aliphatic carbocycles. The molecule has 76 valence electrons. The number of halogens is 1. The fraction of sp³-hybridized carbons (Fsp3) is 0.182. The van der Waals surface area contributed by atoms with Gasteiger partial charge in [-0.3, -0.25) is 9.59 Å². The molecule has 0 aromatic heterocycles. The lowest BCUT2D eigenvalue weighted by Crippen LogP contribution is -2.09. The van der Waals surface area contributed by atoms with Gasteiger partial charge in [0.25, 0.3) is 0 Å². The van der Waals surface area contributed by atoms with Crippen LogP contribution in [0.15, 0.2) is 12.1 Å². The molecule has 1 rings (SSSR count). The van der Waals surface area contributed by atoms with Crippen molar-refractivity contribution in [1.82, 2.24) is 0 Å². The van der Waals surface area contributed by atoms with Crippen LogP contribution in [-0.2, 0) is 0 Å². The molecular formula is C11H8ClNO2. The highest BCUT2D eigenvalue weighted by Gasteiger charge is 2.16. The van der Waals surface area contributed by atoms with E-state index in [0.29, 0.717) is 11.8 Å². The molecule has 0 amide bonds. The molecule has 0 radical (unpaired) electrons. The van der Waals surface area contributed by atoms with Crippen LogP contribution in [0.25, 0.3) is 0 Å². The number of hydrogen-bond donors (Lipinski definition) is 0. The molecule has 0 saturated heterocycles. The molecule has 0 bridgehead atoms. The van der Waals surface area contributed by atoms with Crippen LogP contribution < -0.4 is 0 Å². The van der Waals surface area contributed by atoms with Crippen molar-refractivity contribution in [3.63, 3.8) is 0 Å². The van der Waals surface area contributed by atoms with Gasteiger partial charge in [0, 0.05) is 11.1 Å². The zero-order valence-corrected chi connectivity index (χ0v) is 8.84. The number of benzene rings is 1. The Kier molecular flexibility index (Phi) is 3.59. The van der Waals surface area contributed by atoms with Gasteiger partial charge in [0.1, 0.15) is 0 Å². The number of nitrogens with zero attached hydrogens (tertiary/aromatic N) is 1. The first-order chi connectivity index (χ1) is 7.15. The molecular weight excluding hydrogens is 214 g/mol. The number of Topliss-reactive ketones (excluding diaryl/α,β-unsaturated/α-hetero) is 1. The second-order valence-corrected chi connectivity index (χ2v) is 3.27. The minimum atomic E-state index is -0.404. The van der Waals surface area contributed by atoms with E-state index in [1.54, 1.807) is 13.0 Å². The Bertz CT molecular complexity index is 460. The summed E-state index contributed by atoms with van der Waals surface area (Å²) in [7, 11) is 0. The number of rotatable bonds is 3. The van der Waals surface area contributed by atoms with E-state index in [0.717, 1.165) is 0 Å². The maximum absolute atomic E-state index is 11.5. The van der Waals surface area contributed by atoms with Gasteiger partial charge in [-0.25, -0.2) is 0 Å². The van der Waals surface area contributed by atoms with Crippen LogP contribution in [0.4, 0.5) is 0 Å². The Labute approximate surface area is 92.3 Å². The molecule has 1 aromatic carbocycles. The maximum atomic E-state index is 11.5. The van der Waals surface area contributed by atoms with Crippen LogP contribution in [0.1, 0.15) is 31.8 Å². The first-order valence-electron chi connectivity index (χ1n) is 4.23. The summed E-state index contributed by atoms with van der Waals surface area (Å²) >= 11 is 5.42. The van der Waals surface area contributed by atoms with Crippen LogP contribution in [0.3, 0.4) is 0 Å². The summed E-state index contributed by atoms with van der Waals surface area (Å²) in [4.78, 5) is 22.3. The number of carbonyl (C=O) groups excluding carboxylic acids is 2. The first-order valence-corrected chi connectivity index (χ1v) is 4.77. The second-order valence-electron chi connectivity index (χ2n) is 3.01. The molecule has 0 aliphatic rings. The minimum absolute atomic E-state index is 0.127. The number of aryl methyl sites for hydroxylation is 1. The molecule has 0 aliphatic heterocycles. The van der Waals surface area contributed by atoms with Crippen molar-refractivity contribution in [2.45, 2.75) is 6.92 Å². The smallest absolute Gasteiger partial charge is 0.179 e. The summed E-state index contributed by atoms with van der Waals surface area (Å²) < 4.78 is 0. The van der Waals surface area contributed by atoms with Gasteiger partial charge in [0.05, 0.1) is 17.5 Å². The van der Waals surface area contributed by atoms with Gasteiger partial charge >= 0.3 is 0 Å². The Morgan fingerprint density at radius 2 is 2.27 bits per heavy atom. The van der Waals surface area contributed by atoms with E-state index in [1.165, 1.54) is 6.07 Å². The quantitative estimate of drug-likeness (QED) is 0.446. The number of ketones is 1. The highest BCUT2D eigenvalue weighted by molar-refractivity contribution is 6.31. The lowest BCUT2D eigenvalue weighted by atomic mass is 9.95. The molecule has 0 fully saturated rings. The van der Waals surface area contributed by atoms with Gasteiger partial charge in [-0.2, -0.15) is 5.26 Å². The van der Waals surface area contributed by atoms with Gasteiger partial charge in [-0.05, 0) is 18.6 Å². The van der Waals surface area contributed by atoms with E-state index in [1.807, 2.05) is 6.07 Å². The van der Waals surface area contributed by atoms with Gasteiger partial charge in [0.2, 0.25) is 0 Å². The number of carbonyl (C=O) groups is 2. The largest absolute Gasteiger partial charge is 0.298 e. The Morgan fingerprint density at radius 3 is 2.73 bits per heavy atom. The third-order valence-corrected chi connectivity index (χ3v) is 2.34. The van der Waals surface area contributed by atoms with E-state index in [-0.39, 0.29) is 22.6 Å². The monoisotopic (exact) mass is 221 g/mol. The SMILES string of the molecule is Cc1ccc(C#N)c(C(=O)CCl)c1C=O. The third-order valence-electron chi connectivity index (χ3n) is 2.10. The summed E-state index contributed by atoms with van der Waals surface area (Å²) in [5, 5.41) is 8.81. The van der Waals surface area contributed by atoms with Crippen molar-refractivity contribution in [3.05, 3.63) is 34.4 Å². The van der Waals surface area contributed by atoms with Crippen molar-refractivity contribution in [1.29, 1.82) is 5.26 Å². The predicted octanol–water partition coefficient (Wildman–Crippen LogP) is 2.10. The molecule has 4 heteroatoms.